The molecule has 0 radical (unpaired) electrons. The van der Waals surface area contributed by atoms with Gasteiger partial charge in [-0.05, 0) is 42.7 Å². The highest BCUT2D eigenvalue weighted by atomic mass is 35.5. The molecule has 162 valence electrons. The Morgan fingerprint density at radius 2 is 1.60 bits per heavy atom. The summed E-state index contributed by atoms with van der Waals surface area (Å²) in [4.78, 5) is 27.4. The van der Waals surface area contributed by atoms with Crippen LogP contribution >= 0.6 is 46.4 Å². The lowest BCUT2D eigenvalue weighted by atomic mass is 10.1. The van der Waals surface area contributed by atoms with Crippen molar-refractivity contribution >= 4 is 58.2 Å². The summed E-state index contributed by atoms with van der Waals surface area (Å²) in [7, 11) is 0. The molecule has 1 unspecified atom stereocenters. The lowest BCUT2D eigenvalue weighted by Gasteiger charge is -2.30. The zero-order valence-corrected chi connectivity index (χ0v) is 20.0. The van der Waals surface area contributed by atoms with Gasteiger partial charge in [-0.3, -0.25) is 9.59 Å². The lowest BCUT2D eigenvalue weighted by Crippen LogP contribution is -2.48. The molecule has 0 aromatic heterocycles. The van der Waals surface area contributed by atoms with Crippen molar-refractivity contribution in [3.63, 3.8) is 0 Å². The minimum atomic E-state index is -0.727. The predicted octanol–water partition coefficient (Wildman–Crippen LogP) is 6.03. The number of amides is 2. The quantitative estimate of drug-likeness (QED) is 0.491. The van der Waals surface area contributed by atoms with Gasteiger partial charge >= 0.3 is 0 Å². The number of halogens is 4. The first kappa shape index (κ1) is 24.8. The van der Waals surface area contributed by atoms with Crippen LogP contribution in [0, 0.1) is 5.92 Å². The summed E-state index contributed by atoms with van der Waals surface area (Å²) in [5.74, 6) is -0.235. The van der Waals surface area contributed by atoms with Gasteiger partial charge in [-0.15, -0.1) is 0 Å². The second-order valence-electron chi connectivity index (χ2n) is 7.45. The molecule has 0 fully saturated rings. The largest absolute Gasteiger partial charge is 0.354 e. The van der Waals surface area contributed by atoms with Crippen LogP contribution in [0.4, 0.5) is 0 Å². The summed E-state index contributed by atoms with van der Waals surface area (Å²) in [5.41, 5.74) is 1.20. The molecule has 0 heterocycles. The van der Waals surface area contributed by atoms with Crippen LogP contribution in [0.25, 0.3) is 0 Å². The minimum absolute atomic E-state index is 0.0138. The van der Waals surface area contributed by atoms with E-state index < -0.39 is 6.04 Å². The number of benzene rings is 2. The van der Waals surface area contributed by atoms with Gasteiger partial charge in [0.25, 0.3) is 0 Å². The van der Waals surface area contributed by atoms with E-state index in [1.807, 2.05) is 13.8 Å². The van der Waals surface area contributed by atoms with Crippen molar-refractivity contribution in [1.82, 2.24) is 10.2 Å². The summed E-state index contributed by atoms with van der Waals surface area (Å²) in [6.45, 7) is 6.29. The van der Waals surface area contributed by atoms with E-state index in [2.05, 4.69) is 5.32 Å². The Labute approximate surface area is 197 Å². The van der Waals surface area contributed by atoms with E-state index >= 15 is 0 Å². The number of hydrogen-bond acceptors (Lipinski definition) is 2. The summed E-state index contributed by atoms with van der Waals surface area (Å²) in [5, 5.41) is 4.61. The molecule has 2 amide bonds. The third-order valence-corrected chi connectivity index (χ3v) is 5.89. The maximum absolute atomic E-state index is 13.2. The average Bonchev–Trinajstić information content (AvgIpc) is 2.67. The smallest absolute Gasteiger partial charge is 0.242 e. The van der Waals surface area contributed by atoms with Gasteiger partial charge in [0.2, 0.25) is 11.8 Å². The van der Waals surface area contributed by atoms with Crippen LogP contribution in [-0.4, -0.2) is 29.3 Å². The fourth-order valence-corrected chi connectivity index (χ4v) is 3.81. The number of carbonyl (C=O) groups is 2. The first-order valence-corrected chi connectivity index (χ1v) is 11.0. The van der Waals surface area contributed by atoms with E-state index in [0.29, 0.717) is 37.8 Å². The van der Waals surface area contributed by atoms with Crippen LogP contribution in [0.2, 0.25) is 20.1 Å². The Morgan fingerprint density at radius 3 is 2.17 bits per heavy atom. The monoisotopic (exact) mass is 488 g/mol. The Hall–Kier alpha value is -1.46. The predicted molar refractivity (Wildman–Crippen MR) is 124 cm³/mol. The topological polar surface area (TPSA) is 49.4 Å². The van der Waals surface area contributed by atoms with Gasteiger partial charge in [0.15, 0.2) is 0 Å². The number of carbonyl (C=O) groups excluding carboxylic acids is 2. The molecule has 0 saturated heterocycles. The molecule has 2 aromatic carbocycles. The molecule has 0 aliphatic carbocycles. The van der Waals surface area contributed by atoms with E-state index in [0.717, 1.165) is 0 Å². The molecule has 1 N–H and O–H groups in total. The van der Waals surface area contributed by atoms with Crippen LogP contribution in [0.15, 0.2) is 36.4 Å². The van der Waals surface area contributed by atoms with Crippen LogP contribution in [0.3, 0.4) is 0 Å². The van der Waals surface area contributed by atoms with Crippen molar-refractivity contribution in [1.29, 1.82) is 0 Å². The second kappa shape index (κ2) is 11.2. The van der Waals surface area contributed by atoms with Crippen molar-refractivity contribution in [2.75, 3.05) is 6.54 Å². The fraction of sp³-hybridized carbons (Fsp3) is 0.364. The van der Waals surface area contributed by atoms with Gasteiger partial charge in [0.05, 0.1) is 6.42 Å². The number of hydrogen-bond donors (Lipinski definition) is 1. The highest BCUT2D eigenvalue weighted by Gasteiger charge is 2.28. The molecule has 2 rings (SSSR count). The fourth-order valence-electron chi connectivity index (χ4n) is 2.82. The molecular weight excluding hydrogens is 466 g/mol. The van der Waals surface area contributed by atoms with Crippen molar-refractivity contribution < 1.29 is 9.59 Å². The molecule has 8 heteroatoms. The van der Waals surface area contributed by atoms with Crippen LogP contribution in [0.1, 0.15) is 31.9 Å². The third-order valence-electron chi connectivity index (χ3n) is 4.60. The molecule has 0 bridgehead atoms. The average molecular weight is 490 g/mol. The maximum Gasteiger partial charge on any atom is 0.242 e. The van der Waals surface area contributed by atoms with Crippen LogP contribution in [0.5, 0.6) is 0 Å². The van der Waals surface area contributed by atoms with Gasteiger partial charge in [-0.25, -0.2) is 0 Å². The van der Waals surface area contributed by atoms with Crippen LogP contribution < -0.4 is 5.32 Å². The molecular formula is C22H24Cl4N2O2. The van der Waals surface area contributed by atoms with Crippen molar-refractivity contribution in [2.24, 2.45) is 5.92 Å². The molecule has 2 aromatic rings. The molecule has 0 spiro atoms. The lowest BCUT2D eigenvalue weighted by molar-refractivity contribution is -0.140. The summed E-state index contributed by atoms with van der Waals surface area (Å²) < 4.78 is 0. The van der Waals surface area contributed by atoms with Crippen molar-refractivity contribution in [3.05, 3.63) is 67.6 Å². The normalized spacial score (nSPS) is 12.0. The molecule has 30 heavy (non-hydrogen) atoms. The molecule has 0 saturated carbocycles. The SMILES string of the molecule is CC(C)CNC(=O)C(C)N(Cc1c(Cl)cccc1Cl)C(=O)Cc1ccc(Cl)cc1Cl. The number of nitrogens with zero attached hydrogens (tertiary/aromatic N) is 1. The Bertz CT molecular complexity index is 898. The molecule has 0 aliphatic rings. The Balaban J connectivity index is 2.31. The third kappa shape index (κ3) is 6.78. The van der Waals surface area contributed by atoms with Gasteiger partial charge in [-0.2, -0.15) is 0 Å². The summed E-state index contributed by atoms with van der Waals surface area (Å²) in [6, 6.07) is 9.36. The van der Waals surface area contributed by atoms with E-state index in [9.17, 15) is 9.59 Å². The van der Waals surface area contributed by atoms with Gasteiger partial charge < -0.3 is 10.2 Å². The van der Waals surface area contributed by atoms with Gasteiger partial charge in [0.1, 0.15) is 6.04 Å². The van der Waals surface area contributed by atoms with E-state index in [1.165, 1.54) is 4.90 Å². The molecule has 4 nitrogen and oxygen atoms in total. The summed E-state index contributed by atoms with van der Waals surface area (Å²) in [6.07, 6.45) is 0.0138. The summed E-state index contributed by atoms with van der Waals surface area (Å²) >= 11 is 24.8. The first-order valence-electron chi connectivity index (χ1n) is 9.54. The standard InChI is InChI=1S/C22H24Cl4N2O2/c1-13(2)11-27-22(30)14(3)28(12-17-18(24)5-4-6-19(17)25)21(29)9-15-7-8-16(23)10-20(15)26/h4-8,10,13-14H,9,11-12H2,1-3H3,(H,27,30). The Morgan fingerprint density at radius 1 is 0.967 bits per heavy atom. The maximum atomic E-state index is 13.2. The Kier molecular flexibility index (Phi) is 9.30. The van der Waals surface area contributed by atoms with Gasteiger partial charge in [0, 0.05) is 38.7 Å². The highest BCUT2D eigenvalue weighted by Crippen LogP contribution is 2.28. The van der Waals surface area contributed by atoms with Gasteiger partial charge in [-0.1, -0.05) is 72.4 Å². The zero-order valence-electron chi connectivity index (χ0n) is 17.0. The van der Waals surface area contributed by atoms with E-state index in [-0.39, 0.29) is 30.7 Å². The molecule has 0 aliphatic heterocycles. The second-order valence-corrected chi connectivity index (χ2v) is 9.11. The zero-order chi connectivity index (χ0) is 22.4. The first-order chi connectivity index (χ1) is 14.1. The number of nitrogens with one attached hydrogen (secondary N) is 1. The minimum Gasteiger partial charge on any atom is -0.354 e. The van der Waals surface area contributed by atoms with E-state index in [1.54, 1.807) is 43.3 Å². The van der Waals surface area contributed by atoms with E-state index in [4.69, 9.17) is 46.4 Å². The van der Waals surface area contributed by atoms with Crippen molar-refractivity contribution in [3.8, 4) is 0 Å². The molecule has 1 atom stereocenters. The van der Waals surface area contributed by atoms with Crippen LogP contribution in [-0.2, 0) is 22.6 Å². The highest BCUT2D eigenvalue weighted by molar-refractivity contribution is 6.36. The van der Waals surface area contributed by atoms with Crippen molar-refractivity contribution in [2.45, 2.75) is 39.8 Å². The number of rotatable bonds is 8.